The highest BCUT2D eigenvalue weighted by molar-refractivity contribution is 7.89. The van der Waals surface area contributed by atoms with Gasteiger partial charge in [-0.15, -0.1) is 0 Å². The van der Waals surface area contributed by atoms with E-state index < -0.39 is 14.9 Å². The van der Waals surface area contributed by atoms with Gasteiger partial charge in [0.25, 0.3) is 5.69 Å². The van der Waals surface area contributed by atoms with Crippen LogP contribution in [-0.2, 0) is 26.1 Å². The van der Waals surface area contributed by atoms with Crippen molar-refractivity contribution < 1.29 is 22.8 Å². The molecule has 0 radical (unpaired) electrons. The minimum atomic E-state index is -3.81. The Hall–Kier alpha value is -2.60. The number of rotatable bonds is 7. The molecule has 0 aliphatic carbocycles. The number of nitro benzene ring substituents is 1. The minimum absolute atomic E-state index is 0.0653. The van der Waals surface area contributed by atoms with E-state index in [1.807, 2.05) is 17.0 Å². The fourth-order valence-corrected chi connectivity index (χ4v) is 5.22. The summed E-state index contributed by atoms with van der Waals surface area (Å²) in [5, 5.41) is 11.7. The van der Waals surface area contributed by atoms with E-state index in [2.05, 4.69) is 4.98 Å². The summed E-state index contributed by atoms with van der Waals surface area (Å²) in [7, 11) is -3.81. The molecule has 2 saturated heterocycles. The SMILES string of the molecule is O=[N+]([O-])c1cc(S(=O)(=O)N2CCOCC2)ccc1N1CCC(OCc2ccncc2)C1. The molecule has 2 aliphatic rings. The number of benzene rings is 1. The second kappa shape index (κ2) is 9.27. The fourth-order valence-electron chi connectivity index (χ4n) is 3.79. The number of sulfonamides is 1. The van der Waals surface area contributed by atoms with Crippen LogP contribution in [0.15, 0.2) is 47.6 Å². The molecule has 166 valence electrons. The minimum Gasteiger partial charge on any atom is -0.379 e. The third-order valence-corrected chi connectivity index (χ3v) is 7.37. The smallest absolute Gasteiger partial charge is 0.293 e. The molecule has 2 fully saturated rings. The Kier molecular flexibility index (Phi) is 6.46. The Labute approximate surface area is 180 Å². The van der Waals surface area contributed by atoms with Gasteiger partial charge in [-0.3, -0.25) is 15.1 Å². The summed E-state index contributed by atoms with van der Waals surface area (Å²) >= 11 is 0. The van der Waals surface area contributed by atoms with E-state index in [9.17, 15) is 18.5 Å². The lowest BCUT2D eigenvalue weighted by Crippen LogP contribution is -2.40. The molecule has 31 heavy (non-hydrogen) atoms. The normalized spacial score (nSPS) is 20.1. The second-order valence-corrected chi connectivity index (χ2v) is 9.39. The number of anilines is 1. The molecule has 1 atom stereocenters. The monoisotopic (exact) mass is 448 g/mol. The molecule has 1 aromatic carbocycles. The summed E-state index contributed by atoms with van der Waals surface area (Å²) in [5.74, 6) is 0. The number of ether oxygens (including phenoxy) is 2. The lowest BCUT2D eigenvalue weighted by molar-refractivity contribution is -0.384. The van der Waals surface area contributed by atoms with Crippen LogP contribution in [0.2, 0.25) is 0 Å². The third kappa shape index (κ3) is 4.85. The van der Waals surface area contributed by atoms with Gasteiger partial charge in [-0.05, 0) is 36.2 Å². The third-order valence-electron chi connectivity index (χ3n) is 5.47. The van der Waals surface area contributed by atoms with Crippen molar-refractivity contribution in [2.45, 2.75) is 24.0 Å². The van der Waals surface area contributed by atoms with Gasteiger partial charge in [-0.2, -0.15) is 4.31 Å². The largest absolute Gasteiger partial charge is 0.379 e. The van der Waals surface area contributed by atoms with Crippen LogP contribution in [0.4, 0.5) is 11.4 Å². The average molecular weight is 449 g/mol. The molecule has 10 nitrogen and oxygen atoms in total. The first-order chi connectivity index (χ1) is 14.9. The number of nitrogens with zero attached hydrogens (tertiary/aromatic N) is 4. The lowest BCUT2D eigenvalue weighted by atomic mass is 10.2. The van der Waals surface area contributed by atoms with Crippen molar-refractivity contribution in [1.29, 1.82) is 0 Å². The zero-order chi connectivity index (χ0) is 21.8. The molecule has 0 N–H and O–H groups in total. The van der Waals surface area contributed by atoms with E-state index in [0.717, 1.165) is 18.1 Å². The van der Waals surface area contributed by atoms with Crippen molar-refractivity contribution >= 4 is 21.4 Å². The zero-order valence-electron chi connectivity index (χ0n) is 16.9. The van der Waals surface area contributed by atoms with Crippen molar-refractivity contribution in [3.05, 3.63) is 58.4 Å². The number of hydrogen-bond donors (Lipinski definition) is 0. The molecular weight excluding hydrogens is 424 g/mol. The highest BCUT2D eigenvalue weighted by Crippen LogP contribution is 2.34. The lowest BCUT2D eigenvalue weighted by Gasteiger charge is -2.26. The van der Waals surface area contributed by atoms with E-state index in [4.69, 9.17) is 9.47 Å². The van der Waals surface area contributed by atoms with E-state index in [-0.39, 0.29) is 29.8 Å². The first kappa shape index (κ1) is 21.6. The van der Waals surface area contributed by atoms with Gasteiger partial charge >= 0.3 is 0 Å². The summed E-state index contributed by atoms with van der Waals surface area (Å²) in [6, 6.07) is 7.89. The van der Waals surface area contributed by atoms with Crippen molar-refractivity contribution in [2.75, 3.05) is 44.3 Å². The Morgan fingerprint density at radius 1 is 1.16 bits per heavy atom. The van der Waals surface area contributed by atoms with Gasteiger partial charge in [0.2, 0.25) is 10.0 Å². The second-order valence-electron chi connectivity index (χ2n) is 7.45. The summed E-state index contributed by atoms with van der Waals surface area (Å²) in [5.41, 5.74) is 1.20. The molecule has 4 rings (SSSR count). The molecule has 11 heteroatoms. The number of aromatic nitrogens is 1. The molecule has 3 heterocycles. The van der Waals surface area contributed by atoms with E-state index in [1.165, 1.54) is 16.4 Å². The standard InChI is InChI=1S/C20H24N4O6S/c25-24(26)20-13-18(31(27,28)23-9-11-29-12-10-23)1-2-19(20)22-8-5-17(14-22)30-15-16-3-6-21-7-4-16/h1-4,6-7,13,17H,5,8-12,14-15H2. The quantitative estimate of drug-likeness (QED) is 0.465. The maximum Gasteiger partial charge on any atom is 0.293 e. The van der Waals surface area contributed by atoms with Gasteiger partial charge in [-0.25, -0.2) is 8.42 Å². The number of morpholine rings is 1. The van der Waals surface area contributed by atoms with Crippen molar-refractivity contribution in [1.82, 2.24) is 9.29 Å². The molecule has 0 spiro atoms. The number of hydrogen-bond acceptors (Lipinski definition) is 8. The van der Waals surface area contributed by atoms with Crippen molar-refractivity contribution in [3.63, 3.8) is 0 Å². The van der Waals surface area contributed by atoms with Crippen molar-refractivity contribution in [2.24, 2.45) is 0 Å². The first-order valence-electron chi connectivity index (χ1n) is 10.1. The Morgan fingerprint density at radius 2 is 1.90 bits per heavy atom. The van der Waals surface area contributed by atoms with E-state index >= 15 is 0 Å². The Balaban J connectivity index is 1.49. The van der Waals surface area contributed by atoms with Gasteiger partial charge in [0.1, 0.15) is 5.69 Å². The van der Waals surface area contributed by atoms with Crippen LogP contribution >= 0.6 is 0 Å². The van der Waals surface area contributed by atoms with Gasteiger partial charge in [0.05, 0.1) is 35.7 Å². The summed E-state index contributed by atoms with van der Waals surface area (Å²) in [4.78, 5) is 17.0. The van der Waals surface area contributed by atoms with Gasteiger partial charge in [0, 0.05) is 44.6 Å². The Bertz CT molecular complexity index is 1030. The van der Waals surface area contributed by atoms with Crippen LogP contribution in [-0.4, -0.2) is 68.1 Å². The topological polar surface area (TPSA) is 115 Å². The van der Waals surface area contributed by atoms with Gasteiger partial charge in [-0.1, -0.05) is 0 Å². The molecule has 0 saturated carbocycles. The van der Waals surface area contributed by atoms with Crippen LogP contribution in [0.5, 0.6) is 0 Å². The van der Waals surface area contributed by atoms with E-state index in [1.54, 1.807) is 12.4 Å². The maximum absolute atomic E-state index is 12.9. The first-order valence-corrected chi connectivity index (χ1v) is 11.5. The summed E-state index contributed by atoms with van der Waals surface area (Å²) in [6.45, 7) is 2.64. The van der Waals surface area contributed by atoms with Crippen LogP contribution in [0.1, 0.15) is 12.0 Å². The Morgan fingerprint density at radius 3 is 2.61 bits per heavy atom. The summed E-state index contributed by atoms with van der Waals surface area (Å²) in [6.07, 6.45) is 4.07. The van der Waals surface area contributed by atoms with Gasteiger partial charge in [0.15, 0.2) is 0 Å². The average Bonchev–Trinajstić information content (AvgIpc) is 3.27. The highest BCUT2D eigenvalue weighted by Gasteiger charge is 2.32. The fraction of sp³-hybridized carbons (Fsp3) is 0.450. The van der Waals surface area contributed by atoms with E-state index in [0.29, 0.717) is 38.6 Å². The molecular formula is C20H24N4O6S. The molecule has 1 unspecified atom stereocenters. The van der Waals surface area contributed by atoms with Crippen LogP contribution in [0.25, 0.3) is 0 Å². The molecule has 2 aromatic rings. The number of pyridine rings is 1. The van der Waals surface area contributed by atoms with Crippen LogP contribution in [0, 0.1) is 10.1 Å². The van der Waals surface area contributed by atoms with Gasteiger partial charge < -0.3 is 14.4 Å². The molecule has 1 aromatic heterocycles. The zero-order valence-corrected chi connectivity index (χ0v) is 17.7. The highest BCUT2D eigenvalue weighted by atomic mass is 32.2. The predicted molar refractivity (Wildman–Crippen MR) is 112 cm³/mol. The molecule has 0 amide bonds. The van der Waals surface area contributed by atoms with Crippen molar-refractivity contribution in [3.8, 4) is 0 Å². The summed E-state index contributed by atoms with van der Waals surface area (Å²) < 4.78 is 38.2. The molecule has 0 bridgehead atoms. The molecule has 2 aliphatic heterocycles. The van der Waals surface area contributed by atoms with Crippen LogP contribution < -0.4 is 4.90 Å². The predicted octanol–water partition coefficient (Wildman–Crippen LogP) is 1.81. The number of nitro groups is 1. The van der Waals surface area contributed by atoms with Crippen LogP contribution in [0.3, 0.4) is 0 Å². The maximum atomic E-state index is 12.9.